The molecule has 0 aromatic rings. The van der Waals surface area contributed by atoms with Gasteiger partial charge in [0.05, 0.1) is 7.85 Å². The molecule has 4 aliphatic carbocycles. The molecule has 4 bridgehead atoms. The summed E-state index contributed by atoms with van der Waals surface area (Å²) in [4.78, 5) is 0. The smallest absolute Gasteiger partial charge is 0.0819 e. The zero-order valence-corrected chi connectivity index (χ0v) is 23.9. The van der Waals surface area contributed by atoms with Crippen LogP contribution < -0.4 is 0 Å². The molecule has 6 aliphatic rings. The molecule has 0 aromatic heterocycles. The van der Waals surface area contributed by atoms with Crippen molar-refractivity contribution in [3.05, 3.63) is 0 Å². The molecule has 4 saturated carbocycles. The number of hydrogen-bond donors (Lipinski definition) is 0. The van der Waals surface area contributed by atoms with Gasteiger partial charge in [-0.3, -0.25) is 0 Å². The fourth-order valence-electron chi connectivity index (χ4n) is 11.5. The van der Waals surface area contributed by atoms with E-state index < -0.39 is 0 Å². The Labute approximate surface area is 228 Å². The molecule has 3 heteroatoms. The van der Waals surface area contributed by atoms with Crippen molar-refractivity contribution in [2.75, 3.05) is 0 Å². The summed E-state index contributed by atoms with van der Waals surface area (Å²) in [6, 6.07) is 0. The highest BCUT2D eigenvalue weighted by atomic mass is 14.7. The van der Waals surface area contributed by atoms with Crippen molar-refractivity contribution in [1.82, 2.24) is 0 Å². The van der Waals surface area contributed by atoms with Crippen molar-refractivity contribution in [2.24, 2.45) is 10.8 Å². The Kier molecular flexibility index (Phi) is 7.81. The van der Waals surface area contributed by atoms with Crippen molar-refractivity contribution in [3.8, 4) is 0 Å². The van der Waals surface area contributed by atoms with Crippen LogP contribution in [-0.4, -0.2) is 22.4 Å². The molecule has 4 unspecified atom stereocenters. The fourth-order valence-corrected chi connectivity index (χ4v) is 11.5. The van der Waals surface area contributed by atoms with Crippen LogP contribution in [0.4, 0.5) is 0 Å². The molecule has 2 heterocycles. The molecular weight excluding hydrogens is 429 g/mol. The maximum Gasteiger partial charge on any atom is 0.116 e. The number of fused-ring (bicyclic) bond motifs is 5. The van der Waals surface area contributed by atoms with Gasteiger partial charge < -0.3 is 0 Å². The highest BCUT2D eigenvalue weighted by molar-refractivity contribution is 6.66. The summed E-state index contributed by atoms with van der Waals surface area (Å²) < 4.78 is 0. The van der Waals surface area contributed by atoms with E-state index >= 15 is 0 Å². The lowest BCUT2D eigenvalue weighted by molar-refractivity contribution is 0.0982. The zero-order valence-electron chi connectivity index (χ0n) is 23.9. The predicted octanol–water partition coefficient (Wildman–Crippen LogP) is 10.4. The van der Waals surface area contributed by atoms with Crippen molar-refractivity contribution in [2.45, 2.75) is 195 Å². The molecule has 196 valence electrons. The van der Waals surface area contributed by atoms with Gasteiger partial charge >= 0.3 is 0 Å². The van der Waals surface area contributed by atoms with Crippen LogP contribution in [0.15, 0.2) is 0 Å². The topological polar surface area (TPSA) is 0 Å². The van der Waals surface area contributed by atoms with Crippen LogP contribution in [-0.2, 0) is 0 Å². The maximum atomic E-state index is 7.62. The summed E-state index contributed by atoms with van der Waals surface area (Å²) in [7, 11) is 13.7. The minimum atomic E-state index is 0.127. The Morgan fingerprint density at radius 1 is 0.500 bits per heavy atom. The van der Waals surface area contributed by atoms with Gasteiger partial charge in [-0.05, 0) is 42.9 Å². The van der Waals surface area contributed by atoms with Crippen LogP contribution in [0.2, 0.25) is 21.7 Å². The predicted molar refractivity (Wildman–Crippen MR) is 159 cm³/mol. The van der Waals surface area contributed by atoms with Gasteiger partial charge in [-0.2, -0.15) is 0 Å². The van der Waals surface area contributed by atoms with Crippen molar-refractivity contribution in [3.63, 3.8) is 0 Å². The Morgan fingerprint density at radius 3 is 1.81 bits per heavy atom. The van der Waals surface area contributed by atoms with E-state index in [1.54, 1.807) is 0 Å². The van der Waals surface area contributed by atoms with Crippen molar-refractivity contribution >= 4 is 22.4 Å². The molecule has 0 N–H and O–H groups in total. The molecule has 6 fully saturated rings. The van der Waals surface area contributed by atoms with E-state index in [0.29, 0.717) is 21.4 Å². The first kappa shape index (κ1) is 26.4. The first-order chi connectivity index (χ1) is 17.5. The Hall–Kier alpha value is 0.195. The lowest BCUT2D eigenvalue weighted by Crippen LogP contribution is -2.41. The first-order valence-electron chi connectivity index (χ1n) is 17.0. The first-order valence-corrected chi connectivity index (χ1v) is 17.0. The van der Waals surface area contributed by atoms with Crippen LogP contribution in [0.5, 0.6) is 0 Å². The molecule has 36 heavy (non-hydrogen) atoms. The van der Waals surface area contributed by atoms with Crippen LogP contribution >= 0.6 is 0 Å². The van der Waals surface area contributed by atoms with E-state index in [1.807, 2.05) is 0 Å². The van der Waals surface area contributed by atoms with Gasteiger partial charge in [0.25, 0.3) is 0 Å². The highest BCUT2D eigenvalue weighted by Crippen LogP contribution is 2.78. The third-order valence-corrected chi connectivity index (χ3v) is 13.5. The van der Waals surface area contributed by atoms with Gasteiger partial charge in [0.15, 0.2) is 0 Å². The molecule has 6 rings (SSSR count). The van der Waals surface area contributed by atoms with Gasteiger partial charge in [0.2, 0.25) is 0 Å². The molecule has 0 spiro atoms. The summed E-state index contributed by atoms with van der Waals surface area (Å²) in [6.07, 6.45) is 39.3. The van der Waals surface area contributed by atoms with E-state index in [4.69, 9.17) is 7.85 Å². The number of hydrogen-bond acceptors (Lipinski definition) is 0. The maximum absolute atomic E-state index is 7.62. The average Bonchev–Trinajstić information content (AvgIpc) is 3.25. The summed E-state index contributed by atoms with van der Waals surface area (Å²) in [5.41, 5.74) is 1.02. The van der Waals surface area contributed by atoms with E-state index in [1.165, 1.54) is 173 Å². The van der Waals surface area contributed by atoms with Crippen LogP contribution in [0.1, 0.15) is 173 Å². The lowest BCUT2D eigenvalue weighted by atomic mass is 9.24. The third kappa shape index (κ3) is 4.74. The molecule has 2 saturated heterocycles. The van der Waals surface area contributed by atoms with Crippen LogP contribution in [0.25, 0.3) is 0 Å². The fraction of sp³-hybridized carbons (Fsp3) is 1.00. The second kappa shape index (κ2) is 10.6. The Balaban J connectivity index is 1.26. The largest absolute Gasteiger partial charge is 0.116 e. The Bertz CT molecular complexity index is 735. The van der Waals surface area contributed by atoms with Crippen LogP contribution in [0, 0.1) is 10.8 Å². The lowest BCUT2D eigenvalue weighted by Gasteiger charge is -2.52. The van der Waals surface area contributed by atoms with E-state index in [2.05, 4.69) is 14.6 Å². The van der Waals surface area contributed by atoms with Gasteiger partial charge in [0, 0.05) is 0 Å². The van der Waals surface area contributed by atoms with Gasteiger partial charge in [0.1, 0.15) is 14.6 Å². The molecule has 0 aromatic carbocycles. The normalized spacial score (nSPS) is 44.2. The monoisotopic (exact) mass is 484 g/mol. The van der Waals surface area contributed by atoms with E-state index in [0.717, 1.165) is 5.82 Å². The summed E-state index contributed by atoms with van der Waals surface area (Å²) in [6.45, 7) is 0. The second-order valence-corrected chi connectivity index (χ2v) is 15.4. The highest BCUT2D eigenvalue weighted by Gasteiger charge is 2.65. The molecular formula is C33H55B3. The van der Waals surface area contributed by atoms with E-state index in [9.17, 15) is 0 Å². The number of rotatable bonds is 4. The third-order valence-electron chi connectivity index (χ3n) is 13.5. The average molecular weight is 484 g/mol. The zero-order chi connectivity index (χ0) is 24.6. The van der Waals surface area contributed by atoms with Gasteiger partial charge in [-0.25, -0.2) is 0 Å². The minimum Gasteiger partial charge on any atom is -0.0819 e. The molecule has 0 nitrogen and oxygen atoms in total. The Morgan fingerprint density at radius 2 is 1.06 bits per heavy atom. The quantitative estimate of drug-likeness (QED) is 0.348. The molecule has 2 aliphatic heterocycles. The summed E-state index contributed by atoms with van der Waals surface area (Å²) >= 11 is 0. The van der Waals surface area contributed by atoms with Gasteiger partial charge in [-0.15, -0.1) is 0 Å². The van der Waals surface area contributed by atoms with Crippen molar-refractivity contribution in [1.29, 1.82) is 0 Å². The minimum absolute atomic E-state index is 0.127. The SMILES string of the molecule is [B]C1(C23CCCCC(C45[B]C([B]C6CCCCCCC6)(CCCC4)CC5)(CC2)C3)CCCCCCC1. The van der Waals surface area contributed by atoms with Crippen molar-refractivity contribution < 1.29 is 0 Å². The standard InChI is InChI=1S/C33H55B3/c34-31(19-9-5-2-6-10-20-31)29-17-11-12-18-30(27-29,24-23-29)32-21-13-14-22-33(36-32,26-25-32)35-28-15-7-3-1-4-8-16-28/h28H,1-27H2. The van der Waals surface area contributed by atoms with E-state index in [-0.39, 0.29) is 5.31 Å². The molecule has 4 atom stereocenters. The van der Waals surface area contributed by atoms with Gasteiger partial charge in [-0.1, -0.05) is 163 Å². The summed E-state index contributed by atoms with van der Waals surface area (Å²) in [5, 5.41) is 1.11. The van der Waals surface area contributed by atoms with Crippen LogP contribution in [0.3, 0.4) is 0 Å². The summed E-state index contributed by atoms with van der Waals surface area (Å²) in [5.74, 6) is 0.895. The molecule has 0 amide bonds. The molecule has 4 radical (unpaired) electrons. The second-order valence-electron chi connectivity index (χ2n) is 15.4.